The second-order valence-corrected chi connectivity index (χ2v) is 8.92. The number of hydrogen-bond donors (Lipinski definition) is 0. The topological polar surface area (TPSA) is 52.8 Å². The molecule has 3 aromatic heterocycles. The normalized spacial score (nSPS) is 11.5. The predicted octanol–water partition coefficient (Wildman–Crippen LogP) is 7.66. The van der Waals surface area contributed by atoms with Crippen molar-refractivity contribution in [3.63, 3.8) is 0 Å². The Morgan fingerprint density at radius 1 is 0.821 bits per heavy atom. The first kappa shape index (κ1) is 26.6. The van der Waals surface area contributed by atoms with Crippen LogP contribution in [0.15, 0.2) is 79.3 Å². The van der Waals surface area contributed by atoms with Crippen molar-refractivity contribution in [2.24, 2.45) is 0 Å². The number of para-hydroxylation sites is 1. The van der Waals surface area contributed by atoms with E-state index in [0.29, 0.717) is 16.9 Å². The van der Waals surface area contributed by atoms with Gasteiger partial charge in [-0.3, -0.25) is 4.98 Å². The van der Waals surface area contributed by atoms with Crippen LogP contribution in [0.2, 0.25) is 0 Å². The van der Waals surface area contributed by atoms with Crippen LogP contribution in [-0.4, -0.2) is 19.5 Å². The van der Waals surface area contributed by atoms with E-state index in [4.69, 9.17) is 4.74 Å². The summed E-state index contributed by atoms with van der Waals surface area (Å²) in [4.78, 5) is 13.0. The third-order valence-electron chi connectivity index (χ3n) is 6.15. The average Bonchev–Trinajstić information content (AvgIpc) is 3.22. The van der Waals surface area contributed by atoms with Gasteiger partial charge in [0, 0.05) is 23.5 Å². The number of halogens is 3. The van der Waals surface area contributed by atoms with E-state index < -0.39 is 11.7 Å². The van der Waals surface area contributed by atoms with E-state index in [1.165, 1.54) is 6.20 Å². The fraction of sp³-hybridized carbons (Fsp3) is 0.100. The molecule has 0 aliphatic rings. The Hall–Kier alpha value is -4.03. The number of ether oxygens (including phenoxy) is 1. The molecule has 0 aliphatic carbocycles. The summed E-state index contributed by atoms with van der Waals surface area (Å²) in [5, 5.41) is 1.86. The third kappa shape index (κ3) is 5.17. The van der Waals surface area contributed by atoms with Crippen molar-refractivity contribution in [2.45, 2.75) is 20.0 Å². The molecule has 5 nitrogen and oxygen atoms in total. The molecule has 39 heavy (non-hydrogen) atoms. The Balaban J connectivity index is 0.00000308. The molecule has 3 heterocycles. The number of aromatic nitrogens is 4. The summed E-state index contributed by atoms with van der Waals surface area (Å²) in [7, 11) is 0. The average molecular weight is 704 g/mol. The van der Waals surface area contributed by atoms with Crippen molar-refractivity contribution < 1.29 is 39.0 Å². The molecule has 0 spiro atoms. The summed E-state index contributed by atoms with van der Waals surface area (Å²) >= 11 is 0. The van der Waals surface area contributed by atoms with E-state index in [1.54, 1.807) is 30.6 Å². The minimum atomic E-state index is -4.58. The zero-order chi connectivity index (χ0) is 26.4. The summed E-state index contributed by atoms with van der Waals surface area (Å²) in [5.74, 6) is 0.674. The molecule has 0 amide bonds. The SMILES string of the molecule is Cc1ccnc(Oc2[c-]c(-c3[c-]c4c(cc3)c3ccccc3n4-c3cnc(C)cn3)cc(C(F)(F)F)c2)c1.[Pt+2]. The summed E-state index contributed by atoms with van der Waals surface area (Å²) in [6.45, 7) is 3.69. The summed E-state index contributed by atoms with van der Waals surface area (Å²) < 4.78 is 49.2. The first-order valence-electron chi connectivity index (χ1n) is 11.8. The molecule has 6 rings (SSSR count). The van der Waals surface area contributed by atoms with Crippen LogP contribution < -0.4 is 4.74 Å². The van der Waals surface area contributed by atoms with Gasteiger partial charge in [-0.2, -0.15) is 31.4 Å². The van der Waals surface area contributed by atoms with Crippen LogP contribution in [0.1, 0.15) is 16.8 Å². The second-order valence-electron chi connectivity index (χ2n) is 8.92. The number of nitrogens with zero attached hydrogens (tertiary/aromatic N) is 4. The van der Waals surface area contributed by atoms with Crippen LogP contribution >= 0.6 is 0 Å². The number of fused-ring (bicyclic) bond motifs is 3. The molecule has 0 bridgehead atoms. The van der Waals surface area contributed by atoms with Gasteiger partial charge in [-0.1, -0.05) is 29.7 Å². The quantitative estimate of drug-likeness (QED) is 0.177. The Labute approximate surface area is 236 Å². The molecule has 0 aliphatic heterocycles. The monoisotopic (exact) mass is 703 g/mol. The van der Waals surface area contributed by atoms with Gasteiger partial charge in [0.2, 0.25) is 5.88 Å². The maximum Gasteiger partial charge on any atom is 2.00 e. The first-order chi connectivity index (χ1) is 18.3. The molecule has 6 aromatic rings. The zero-order valence-corrected chi connectivity index (χ0v) is 22.9. The maximum atomic E-state index is 13.9. The van der Waals surface area contributed by atoms with E-state index in [1.807, 2.05) is 48.7 Å². The van der Waals surface area contributed by atoms with Crippen LogP contribution in [0.5, 0.6) is 11.6 Å². The Morgan fingerprint density at radius 2 is 1.64 bits per heavy atom. The molecule has 0 unspecified atom stereocenters. The van der Waals surface area contributed by atoms with Crippen LogP contribution in [0.3, 0.4) is 0 Å². The van der Waals surface area contributed by atoms with Gasteiger partial charge in [0.15, 0.2) is 5.82 Å². The fourth-order valence-corrected chi connectivity index (χ4v) is 4.37. The molecule has 0 saturated heterocycles. The number of pyridine rings is 1. The standard InChI is InChI=1S/C30H19F3N4O.Pt/c1-18-9-10-34-29(11-18)38-23-13-21(12-22(15-23)30(31,32)33)20-7-8-25-24-5-3-4-6-26(24)37(27(25)14-20)28-17-35-19(2)16-36-28;/h3-12,15-17H,1-2H3;/q-2;+2. The van der Waals surface area contributed by atoms with Gasteiger partial charge in [0.05, 0.1) is 18.1 Å². The molecule has 196 valence electrons. The molecule has 0 atom stereocenters. The smallest absolute Gasteiger partial charge is 0.460 e. The van der Waals surface area contributed by atoms with Gasteiger partial charge >= 0.3 is 27.2 Å². The molecule has 0 radical (unpaired) electrons. The zero-order valence-electron chi connectivity index (χ0n) is 20.7. The summed E-state index contributed by atoms with van der Waals surface area (Å²) in [6.07, 6.45) is 0.286. The van der Waals surface area contributed by atoms with Crippen molar-refractivity contribution >= 4 is 21.8 Å². The number of aryl methyl sites for hydroxylation is 2. The van der Waals surface area contributed by atoms with Crippen molar-refractivity contribution in [1.82, 2.24) is 19.5 Å². The van der Waals surface area contributed by atoms with Crippen LogP contribution in [0.4, 0.5) is 13.2 Å². The van der Waals surface area contributed by atoms with E-state index in [0.717, 1.165) is 39.7 Å². The molecule has 9 heteroatoms. The minimum Gasteiger partial charge on any atom is -0.460 e. The van der Waals surface area contributed by atoms with E-state index in [-0.39, 0.29) is 38.3 Å². The number of alkyl halides is 3. The number of hydrogen-bond acceptors (Lipinski definition) is 4. The maximum absolute atomic E-state index is 13.9. The molecular formula is C30H19F3N4OPt. The predicted molar refractivity (Wildman–Crippen MR) is 138 cm³/mol. The number of benzene rings is 3. The largest absolute Gasteiger partial charge is 2.00 e. The number of rotatable bonds is 4. The molecule has 3 aromatic carbocycles. The molecular weight excluding hydrogens is 684 g/mol. The minimum absolute atomic E-state index is 0. The van der Waals surface area contributed by atoms with Crippen molar-refractivity contribution in [1.29, 1.82) is 0 Å². The molecule has 0 N–H and O–H groups in total. The van der Waals surface area contributed by atoms with Crippen LogP contribution in [-0.2, 0) is 27.2 Å². The van der Waals surface area contributed by atoms with Crippen molar-refractivity contribution in [2.75, 3.05) is 0 Å². The van der Waals surface area contributed by atoms with Gasteiger partial charge in [-0.15, -0.1) is 12.1 Å². The van der Waals surface area contributed by atoms with Gasteiger partial charge in [0.1, 0.15) is 0 Å². The van der Waals surface area contributed by atoms with Gasteiger partial charge in [0.25, 0.3) is 0 Å². The van der Waals surface area contributed by atoms with Gasteiger partial charge in [-0.25, -0.2) is 21.1 Å². The third-order valence-corrected chi connectivity index (χ3v) is 6.15. The Kier molecular flexibility index (Phi) is 6.99. The van der Waals surface area contributed by atoms with Gasteiger partial charge < -0.3 is 9.30 Å². The van der Waals surface area contributed by atoms with E-state index >= 15 is 0 Å². The second kappa shape index (κ2) is 10.3. The fourth-order valence-electron chi connectivity index (χ4n) is 4.37. The van der Waals surface area contributed by atoms with Crippen LogP contribution in [0, 0.1) is 26.0 Å². The van der Waals surface area contributed by atoms with Gasteiger partial charge in [-0.05, 0) is 48.0 Å². The van der Waals surface area contributed by atoms with E-state index in [2.05, 4.69) is 27.1 Å². The molecule has 0 fully saturated rings. The Morgan fingerprint density at radius 3 is 2.38 bits per heavy atom. The van der Waals surface area contributed by atoms with Crippen LogP contribution in [0.25, 0.3) is 38.8 Å². The van der Waals surface area contributed by atoms with Crippen molar-refractivity contribution in [3.8, 4) is 28.6 Å². The first-order valence-corrected chi connectivity index (χ1v) is 11.8. The summed E-state index contributed by atoms with van der Waals surface area (Å²) in [6, 6.07) is 23.1. The Bertz CT molecular complexity index is 1810. The van der Waals surface area contributed by atoms with E-state index in [9.17, 15) is 13.2 Å². The van der Waals surface area contributed by atoms with Crippen molar-refractivity contribution in [3.05, 3.63) is 108 Å². The summed E-state index contributed by atoms with van der Waals surface area (Å²) in [5.41, 5.74) is 2.95. The molecule has 0 saturated carbocycles.